The maximum absolute atomic E-state index is 13.1. The molecule has 7 nitrogen and oxygen atoms in total. The first-order valence-corrected chi connectivity index (χ1v) is 12.2. The quantitative estimate of drug-likeness (QED) is 0.613. The van der Waals surface area contributed by atoms with Crippen molar-refractivity contribution in [3.8, 4) is 0 Å². The molecule has 3 fully saturated rings. The van der Waals surface area contributed by atoms with Gasteiger partial charge in [0.2, 0.25) is 5.91 Å². The van der Waals surface area contributed by atoms with Crippen molar-refractivity contribution in [2.45, 2.75) is 84.8 Å². The molecule has 1 saturated heterocycles. The van der Waals surface area contributed by atoms with Crippen LogP contribution in [0.2, 0.25) is 0 Å². The largest absolute Gasteiger partial charge is 0.446 e. The first kappa shape index (κ1) is 24.3. The Morgan fingerprint density at radius 1 is 1.13 bits per heavy atom. The molecular formula is C24H42N2O5. The molecule has 0 aromatic heterocycles. The van der Waals surface area contributed by atoms with Crippen LogP contribution in [0.15, 0.2) is 0 Å². The Bertz CT molecular complexity index is 650. The van der Waals surface area contributed by atoms with Gasteiger partial charge >= 0.3 is 6.09 Å². The van der Waals surface area contributed by atoms with Gasteiger partial charge < -0.3 is 25.2 Å². The zero-order chi connectivity index (χ0) is 22.8. The minimum Gasteiger partial charge on any atom is -0.446 e. The van der Waals surface area contributed by atoms with Gasteiger partial charge in [-0.15, -0.1) is 0 Å². The predicted octanol–water partition coefficient (Wildman–Crippen LogP) is 2.94. The Labute approximate surface area is 186 Å². The molecule has 3 aliphatic rings. The van der Waals surface area contributed by atoms with Crippen molar-refractivity contribution in [1.29, 1.82) is 0 Å². The number of fused-ring (bicyclic) bond motifs is 1. The van der Waals surface area contributed by atoms with E-state index in [-0.39, 0.29) is 35.9 Å². The molecule has 1 aliphatic heterocycles. The average Bonchev–Trinajstić information content (AvgIpc) is 2.73. The number of carbonyl (C=O) groups excluding carboxylic acids is 2. The van der Waals surface area contributed by atoms with Gasteiger partial charge in [-0.3, -0.25) is 4.79 Å². The summed E-state index contributed by atoms with van der Waals surface area (Å²) in [7, 11) is 0. The molecule has 0 aromatic carbocycles. The van der Waals surface area contributed by atoms with Crippen LogP contribution in [0.5, 0.6) is 0 Å². The SMILES string of the molecule is CCNC(=O)O[C@@H]1CC[C@]2(C)C(CC[C@@H](O)[C@H]2CC(=O)N2CCC(C)CC2)[C@]1(C)CO. The predicted molar refractivity (Wildman–Crippen MR) is 118 cm³/mol. The molecule has 0 radical (unpaired) electrons. The summed E-state index contributed by atoms with van der Waals surface area (Å²) in [5, 5.41) is 24.1. The topological polar surface area (TPSA) is 99.1 Å². The maximum Gasteiger partial charge on any atom is 0.407 e. The zero-order valence-electron chi connectivity index (χ0n) is 19.7. The lowest BCUT2D eigenvalue weighted by Crippen LogP contribution is -2.61. The molecule has 1 heterocycles. The molecule has 1 unspecified atom stereocenters. The second-order valence-corrected chi connectivity index (χ2v) is 10.7. The van der Waals surface area contributed by atoms with Gasteiger partial charge in [-0.2, -0.15) is 0 Å². The summed E-state index contributed by atoms with van der Waals surface area (Å²) < 4.78 is 5.73. The van der Waals surface area contributed by atoms with E-state index in [1.165, 1.54) is 0 Å². The third-order valence-corrected chi connectivity index (χ3v) is 8.78. The Kier molecular flexibility index (Phi) is 7.57. The highest BCUT2D eigenvalue weighted by molar-refractivity contribution is 5.76. The van der Waals surface area contributed by atoms with Crippen LogP contribution in [0.4, 0.5) is 4.79 Å². The summed E-state index contributed by atoms with van der Waals surface area (Å²) in [4.78, 5) is 27.2. The highest BCUT2D eigenvalue weighted by atomic mass is 16.6. The van der Waals surface area contributed by atoms with E-state index in [2.05, 4.69) is 19.2 Å². The van der Waals surface area contributed by atoms with Gasteiger partial charge in [0.15, 0.2) is 0 Å². The van der Waals surface area contributed by atoms with Crippen LogP contribution < -0.4 is 5.32 Å². The van der Waals surface area contributed by atoms with E-state index in [9.17, 15) is 19.8 Å². The highest BCUT2D eigenvalue weighted by Crippen LogP contribution is 2.61. The van der Waals surface area contributed by atoms with E-state index in [0.717, 1.165) is 38.8 Å². The van der Waals surface area contributed by atoms with Gasteiger partial charge in [0, 0.05) is 31.5 Å². The van der Waals surface area contributed by atoms with E-state index in [0.29, 0.717) is 31.7 Å². The van der Waals surface area contributed by atoms with Crippen molar-refractivity contribution < 1.29 is 24.5 Å². The van der Waals surface area contributed by atoms with Crippen molar-refractivity contribution in [2.75, 3.05) is 26.2 Å². The minimum absolute atomic E-state index is 0.0701. The molecule has 0 spiro atoms. The molecule has 6 atom stereocenters. The van der Waals surface area contributed by atoms with E-state index >= 15 is 0 Å². The van der Waals surface area contributed by atoms with Gasteiger partial charge in [-0.1, -0.05) is 20.8 Å². The molecule has 0 aromatic rings. The summed E-state index contributed by atoms with van der Waals surface area (Å²) >= 11 is 0. The molecule has 2 amide bonds. The highest BCUT2D eigenvalue weighted by Gasteiger charge is 2.60. The number of nitrogens with zero attached hydrogens (tertiary/aromatic N) is 1. The number of hydrogen-bond donors (Lipinski definition) is 3. The number of rotatable bonds is 5. The molecule has 7 heteroatoms. The van der Waals surface area contributed by atoms with Gasteiger partial charge in [0.05, 0.1) is 12.7 Å². The first-order chi connectivity index (χ1) is 14.7. The van der Waals surface area contributed by atoms with Gasteiger partial charge in [0.1, 0.15) is 6.10 Å². The molecule has 2 aliphatic carbocycles. The lowest BCUT2D eigenvalue weighted by molar-refractivity contribution is -0.187. The Morgan fingerprint density at radius 3 is 2.42 bits per heavy atom. The van der Waals surface area contributed by atoms with Crippen LogP contribution >= 0.6 is 0 Å². The summed E-state index contributed by atoms with van der Waals surface area (Å²) in [5.74, 6) is 0.732. The lowest BCUT2D eigenvalue weighted by Gasteiger charge is -2.60. The fourth-order valence-corrected chi connectivity index (χ4v) is 6.67. The number of hydrogen-bond acceptors (Lipinski definition) is 5. The Morgan fingerprint density at radius 2 is 1.81 bits per heavy atom. The zero-order valence-corrected chi connectivity index (χ0v) is 19.7. The van der Waals surface area contributed by atoms with E-state index < -0.39 is 17.6 Å². The van der Waals surface area contributed by atoms with Crippen LogP contribution in [0, 0.1) is 28.6 Å². The summed E-state index contributed by atoms with van der Waals surface area (Å²) in [6.45, 7) is 10.3. The molecule has 3 rings (SSSR count). The van der Waals surface area contributed by atoms with Crippen molar-refractivity contribution >= 4 is 12.0 Å². The smallest absolute Gasteiger partial charge is 0.407 e. The van der Waals surface area contributed by atoms with Crippen molar-refractivity contribution in [1.82, 2.24) is 10.2 Å². The summed E-state index contributed by atoms with van der Waals surface area (Å²) in [5.41, 5.74) is -0.880. The van der Waals surface area contributed by atoms with E-state index in [1.54, 1.807) is 0 Å². The van der Waals surface area contributed by atoms with Crippen LogP contribution in [0.1, 0.15) is 72.6 Å². The van der Waals surface area contributed by atoms with Gasteiger partial charge in [0.25, 0.3) is 0 Å². The normalized spacial score (nSPS) is 39.0. The number of ether oxygens (including phenoxy) is 1. The van der Waals surface area contributed by atoms with Crippen LogP contribution in [-0.4, -0.2) is 65.6 Å². The van der Waals surface area contributed by atoms with Crippen molar-refractivity contribution in [2.24, 2.45) is 28.6 Å². The maximum atomic E-state index is 13.1. The Balaban J connectivity index is 1.78. The number of nitrogens with one attached hydrogen (secondary N) is 1. The van der Waals surface area contributed by atoms with Gasteiger partial charge in [-0.05, 0) is 68.6 Å². The number of aliphatic hydroxyl groups is 2. The Hall–Kier alpha value is -1.34. The van der Waals surface area contributed by atoms with Crippen molar-refractivity contribution in [3.63, 3.8) is 0 Å². The van der Waals surface area contributed by atoms with Gasteiger partial charge in [-0.25, -0.2) is 4.79 Å². The monoisotopic (exact) mass is 438 g/mol. The number of carbonyl (C=O) groups is 2. The summed E-state index contributed by atoms with van der Waals surface area (Å²) in [6.07, 6.45) is 3.86. The number of piperidine rings is 1. The molecule has 0 bridgehead atoms. The minimum atomic E-state index is -0.597. The molecule has 3 N–H and O–H groups in total. The number of alkyl carbamates (subject to hydrolysis) is 1. The number of amides is 2. The lowest BCUT2D eigenvalue weighted by atomic mass is 9.46. The molecule has 178 valence electrons. The fraction of sp³-hybridized carbons (Fsp3) is 0.917. The van der Waals surface area contributed by atoms with Crippen LogP contribution in [0.25, 0.3) is 0 Å². The number of likely N-dealkylation sites (tertiary alicyclic amines) is 1. The third-order valence-electron chi connectivity index (χ3n) is 8.78. The standard InChI is InChI=1S/C24H42N2O5/c1-5-25-22(30)31-20-8-11-23(3)17(14-21(29)26-12-9-16(2)10-13-26)18(28)6-7-19(23)24(20,4)15-27/h16-20,27-28H,5-15H2,1-4H3,(H,25,30)/t17-,18-,19?,20-,23+,24+/m1/s1. The third kappa shape index (κ3) is 4.72. The van der Waals surface area contributed by atoms with Crippen LogP contribution in [0.3, 0.4) is 0 Å². The van der Waals surface area contributed by atoms with Crippen molar-refractivity contribution in [3.05, 3.63) is 0 Å². The fourth-order valence-electron chi connectivity index (χ4n) is 6.67. The second kappa shape index (κ2) is 9.65. The van der Waals surface area contributed by atoms with E-state index in [4.69, 9.17) is 4.74 Å². The number of aliphatic hydroxyl groups excluding tert-OH is 2. The average molecular weight is 439 g/mol. The first-order valence-electron chi connectivity index (χ1n) is 12.2. The molecule has 31 heavy (non-hydrogen) atoms. The molecule has 2 saturated carbocycles. The summed E-state index contributed by atoms with van der Waals surface area (Å²) in [6, 6.07) is 0. The molecular weight excluding hydrogens is 396 g/mol. The van der Waals surface area contributed by atoms with Crippen LogP contribution in [-0.2, 0) is 9.53 Å². The second-order valence-electron chi connectivity index (χ2n) is 10.7. The van der Waals surface area contributed by atoms with E-state index in [1.807, 2.05) is 18.7 Å².